The fourth-order valence-electron chi connectivity index (χ4n) is 4.04. The van der Waals surface area contributed by atoms with Gasteiger partial charge in [-0.1, -0.05) is 31.4 Å². The summed E-state index contributed by atoms with van der Waals surface area (Å²) in [5, 5.41) is 33.2. The largest absolute Gasteiger partial charge is 0.387 e. The molecule has 1 aliphatic carbocycles. The Morgan fingerprint density at radius 3 is 2.56 bits per heavy atom. The van der Waals surface area contributed by atoms with E-state index in [4.69, 9.17) is 15.4 Å². The first-order valence-electron chi connectivity index (χ1n) is 10.9. The van der Waals surface area contributed by atoms with E-state index < -0.39 is 32.8 Å². The van der Waals surface area contributed by atoms with Gasteiger partial charge >= 0.3 is 8.25 Å². The molecule has 5 unspecified atom stereocenters. The standard InChI is InChI=1S/C20H33N4O7P/c21-19-16(13-8-6-4-2-1-3-5-7-9-14(13)23-12-25)22-11-24(19)20-18(27)17(26)15(31-20)10-30-32(28)29/h8-9,11,15,17-18,20,23,25-27,32H,1-7,10,12,21H2,(H,28,29)/b13-8+,14-9-. The topological polar surface area (TPSA) is 172 Å². The van der Waals surface area contributed by atoms with Crippen LogP contribution in [-0.4, -0.2) is 61.4 Å². The van der Waals surface area contributed by atoms with E-state index in [1.165, 1.54) is 17.3 Å². The molecule has 11 nitrogen and oxygen atoms in total. The van der Waals surface area contributed by atoms with Crippen LogP contribution in [0.4, 0.5) is 5.82 Å². The predicted molar refractivity (Wildman–Crippen MR) is 118 cm³/mol. The minimum atomic E-state index is -3.20. The Balaban J connectivity index is 1.88. The maximum Gasteiger partial charge on any atom is 0.316 e. The Morgan fingerprint density at radius 1 is 1.19 bits per heavy atom. The fraction of sp³-hybridized carbons (Fsp3) is 0.650. The third-order valence-electron chi connectivity index (χ3n) is 5.73. The smallest absolute Gasteiger partial charge is 0.316 e. The SMILES string of the molecule is Nc1c(C2=C/CCCCCCC\C=C\2NCO)ncn1C1OC(CO[PH](=O)O)C(O)C1O. The van der Waals surface area contributed by atoms with Crippen LogP contribution in [0.15, 0.2) is 24.2 Å². The average molecular weight is 472 g/mol. The van der Waals surface area contributed by atoms with Gasteiger partial charge < -0.3 is 40.5 Å². The number of aromatic nitrogens is 2. The molecule has 2 heterocycles. The van der Waals surface area contributed by atoms with Crippen LogP contribution in [0, 0.1) is 0 Å². The molecule has 2 aliphatic rings. The number of hydrogen-bond acceptors (Lipinski definition) is 9. The summed E-state index contributed by atoms with van der Waals surface area (Å²) in [6, 6.07) is 0. The first-order chi connectivity index (χ1) is 15.4. The van der Waals surface area contributed by atoms with Gasteiger partial charge in [0.05, 0.1) is 12.9 Å². The number of ether oxygens (including phenoxy) is 1. The molecule has 12 heteroatoms. The summed E-state index contributed by atoms with van der Waals surface area (Å²) in [4.78, 5) is 13.3. The lowest BCUT2D eigenvalue weighted by Crippen LogP contribution is -2.33. The van der Waals surface area contributed by atoms with Crippen LogP contribution < -0.4 is 11.1 Å². The zero-order valence-electron chi connectivity index (χ0n) is 17.9. The zero-order chi connectivity index (χ0) is 23.1. The number of nitrogens with zero attached hydrogens (tertiary/aromatic N) is 2. The summed E-state index contributed by atoms with van der Waals surface area (Å²) in [7, 11) is -3.20. The highest BCUT2D eigenvalue weighted by atomic mass is 31.1. The number of nitrogens with two attached hydrogens (primary N) is 1. The Morgan fingerprint density at radius 2 is 1.88 bits per heavy atom. The van der Waals surface area contributed by atoms with E-state index in [9.17, 15) is 19.9 Å². The monoisotopic (exact) mass is 472 g/mol. The lowest BCUT2D eigenvalue weighted by molar-refractivity contribution is -0.0483. The fourth-order valence-corrected chi connectivity index (χ4v) is 4.35. The number of aliphatic hydroxyl groups excluding tert-OH is 3. The highest BCUT2D eigenvalue weighted by Crippen LogP contribution is 2.35. The van der Waals surface area contributed by atoms with Crippen LogP contribution in [0.2, 0.25) is 0 Å². The first-order valence-corrected chi connectivity index (χ1v) is 12.2. The summed E-state index contributed by atoms with van der Waals surface area (Å²) >= 11 is 0. The van der Waals surface area contributed by atoms with Gasteiger partial charge in [-0.05, 0) is 25.7 Å². The van der Waals surface area contributed by atoms with Gasteiger partial charge in [0, 0.05) is 11.3 Å². The second-order valence-electron chi connectivity index (χ2n) is 7.92. The van der Waals surface area contributed by atoms with Gasteiger partial charge in [0.2, 0.25) is 0 Å². The van der Waals surface area contributed by atoms with Gasteiger partial charge in [0.1, 0.15) is 36.6 Å². The minimum Gasteiger partial charge on any atom is -0.387 e. The second-order valence-corrected chi connectivity index (χ2v) is 8.74. The Kier molecular flexibility index (Phi) is 9.30. The van der Waals surface area contributed by atoms with Gasteiger partial charge in [-0.25, -0.2) is 4.98 Å². The molecule has 5 atom stereocenters. The third kappa shape index (κ3) is 5.99. The highest BCUT2D eigenvalue weighted by Gasteiger charge is 2.44. The molecule has 0 amide bonds. The van der Waals surface area contributed by atoms with Gasteiger partial charge in [0.25, 0.3) is 0 Å². The van der Waals surface area contributed by atoms with Crippen LogP contribution in [0.3, 0.4) is 0 Å². The quantitative estimate of drug-likeness (QED) is 0.249. The van der Waals surface area contributed by atoms with E-state index in [0.717, 1.165) is 49.8 Å². The minimum absolute atomic E-state index is 0.227. The van der Waals surface area contributed by atoms with E-state index in [1.54, 1.807) is 0 Å². The molecule has 1 aromatic heterocycles. The molecule has 1 fully saturated rings. The van der Waals surface area contributed by atoms with Crippen molar-refractivity contribution in [2.75, 3.05) is 19.1 Å². The van der Waals surface area contributed by atoms with Crippen molar-refractivity contribution in [3.05, 3.63) is 29.9 Å². The van der Waals surface area contributed by atoms with Crippen molar-refractivity contribution in [1.82, 2.24) is 14.9 Å². The van der Waals surface area contributed by atoms with E-state index in [-0.39, 0.29) is 19.2 Å². The lowest BCUT2D eigenvalue weighted by atomic mass is 10.0. The normalized spacial score (nSPS) is 31.8. The molecule has 0 aromatic carbocycles. The van der Waals surface area contributed by atoms with Gasteiger partial charge in [0.15, 0.2) is 6.23 Å². The van der Waals surface area contributed by atoms with Crippen LogP contribution in [0.25, 0.3) is 5.57 Å². The maximum absolute atomic E-state index is 10.8. The van der Waals surface area contributed by atoms with Crippen LogP contribution in [0.1, 0.15) is 56.9 Å². The van der Waals surface area contributed by atoms with Crippen molar-refractivity contribution in [2.45, 2.75) is 69.5 Å². The third-order valence-corrected chi connectivity index (χ3v) is 6.15. The Bertz CT molecular complexity index is 844. The van der Waals surface area contributed by atoms with Crippen LogP contribution in [-0.2, 0) is 13.8 Å². The van der Waals surface area contributed by atoms with Crippen molar-refractivity contribution in [3.63, 3.8) is 0 Å². The number of hydrogen-bond donors (Lipinski definition) is 6. The Labute approximate surface area is 187 Å². The molecule has 1 aliphatic heterocycles. The van der Waals surface area contributed by atoms with E-state index >= 15 is 0 Å². The number of nitrogen functional groups attached to an aromatic ring is 1. The molecular formula is C20H33N4O7P. The number of allylic oxidation sites excluding steroid dienone is 3. The van der Waals surface area contributed by atoms with Crippen molar-refractivity contribution >= 4 is 19.6 Å². The summed E-state index contributed by atoms with van der Waals surface area (Å²) < 4.78 is 22.6. The number of rotatable bonds is 7. The van der Waals surface area contributed by atoms with Crippen LogP contribution in [0.5, 0.6) is 0 Å². The predicted octanol–water partition coefficient (Wildman–Crippen LogP) is 1.03. The molecule has 1 aromatic rings. The zero-order valence-corrected chi connectivity index (χ0v) is 18.9. The summed E-state index contributed by atoms with van der Waals surface area (Å²) in [5.41, 5.74) is 8.35. The summed E-state index contributed by atoms with van der Waals surface area (Å²) in [5.74, 6) is 0.227. The second kappa shape index (κ2) is 11.9. The molecule has 0 saturated carbocycles. The van der Waals surface area contributed by atoms with Crippen molar-refractivity contribution < 1.29 is 34.0 Å². The van der Waals surface area contributed by atoms with Crippen molar-refractivity contribution in [1.29, 1.82) is 0 Å². The highest BCUT2D eigenvalue weighted by molar-refractivity contribution is 7.32. The molecule has 3 rings (SSSR count). The van der Waals surface area contributed by atoms with E-state index in [1.807, 2.05) is 12.2 Å². The average Bonchev–Trinajstić information content (AvgIpc) is 3.25. The molecule has 32 heavy (non-hydrogen) atoms. The van der Waals surface area contributed by atoms with Crippen molar-refractivity contribution in [3.8, 4) is 0 Å². The molecular weight excluding hydrogens is 439 g/mol. The van der Waals surface area contributed by atoms with E-state index in [2.05, 4.69) is 14.8 Å². The maximum atomic E-state index is 10.8. The van der Waals surface area contributed by atoms with E-state index in [0.29, 0.717) is 5.69 Å². The number of nitrogens with one attached hydrogen (secondary N) is 1. The molecule has 7 N–H and O–H groups in total. The summed E-state index contributed by atoms with van der Waals surface area (Å²) in [6.07, 6.45) is 8.05. The van der Waals surface area contributed by atoms with Crippen LogP contribution >= 0.6 is 8.25 Å². The van der Waals surface area contributed by atoms with Crippen molar-refractivity contribution in [2.24, 2.45) is 0 Å². The molecule has 0 radical (unpaired) electrons. The number of aliphatic hydroxyl groups is 3. The number of imidazole rings is 1. The molecule has 1 saturated heterocycles. The lowest BCUT2D eigenvalue weighted by Gasteiger charge is -2.18. The Hall–Kier alpha value is -1.72. The number of anilines is 1. The molecule has 0 spiro atoms. The van der Waals surface area contributed by atoms with Gasteiger partial charge in [-0.15, -0.1) is 0 Å². The molecule has 180 valence electrons. The van der Waals surface area contributed by atoms with Gasteiger partial charge in [-0.3, -0.25) is 9.13 Å². The molecule has 0 bridgehead atoms. The van der Waals surface area contributed by atoms with Gasteiger partial charge in [-0.2, -0.15) is 0 Å². The first kappa shape index (κ1) is 24.9. The summed E-state index contributed by atoms with van der Waals surface area (Å²) in [6.45, 7) is -0.584.